The largest absolute Gasteiger partial charge is 0.0622 e. The summed E-state index contributed by atoms with van der Waals surface area (Å²) >= 11 is 0. The first kappa shape index (κ1) is 28.0. The van der Waals surface area contributed by atoms with E-state index < -0.39 is 0 Å². The fourth-order valence-electron chi connectivity index (χ4n) is 7.37. The molecule has 0 aromatic heterocycles. The molecule has 0 saturated carbocycles. The van der Waals surface area contributed by atoms with Crippen molar-refractivity contribution >= 4 is 32.3 Å². The summed E-state index contributed by atoms with van der Waals surface area (Å²) in [6.07, 6.45) is 0. The Morgan fingerprint density at radius 3 is 1.29 bits per heavy atom. The van der Waals surface area contributed by atoms with Crippen LogP contribution in [0.2, 0.25) is 0 Å². The monoisotopic (exact) mass is 608 g/mol. The van der Waals surface area contributed by atoms with Crippen LogP contribution < -0.4 is 0 Å². The fourth-order valence-corrected chi connectivity index (χ4v) is 7.37. The summed E-state index contributed by atoms with van der Waals surface area (Å²) in [7, 11) is 0. The summed E-state index contributed by atoms with van der Waals surface area (Å²) in [5.41, 5.74) is 12.3. The zero-order valence-electron chi connectivity index (χ0n) is 26.5. The SMILES string of the molecule is c1ccc(-c2ccc3c(-c4ccccc4-c4ccccc4)c4cc(-c5ccccc5)ccc4c(-c4ccc5ccccc5c4)c3c2)cc1. The van der Waals surface area contributed by atoms with Crippen LogP contribution in [-0.2, 0) is 0 Å². The zero-order valence-corrected chi connectivity index (χ0v) is 26.5. The molecule has 0 aliphatic carbocycles. The first-order valence-corrected chi connectivity index (χ1v) is 16.6. The lowest BCUT2D eigenvalue weighted by Crippen LogP contribution is -1.94. The van der Waals surface area contributed by atoms with Gasteiger partial charge in [0.15, 0.2) is 0 Å². The van der Waals surface area contributed by atoms with Gasteiger partial charge in [-0.1, -0.05) is 176 Å². The molecule has 0 fully saturated rings. The first-order valence-electron chi connectivity index (χ1n) is 16.6. The molecular weight excluding hydrogens is 577 g/mol. The number of fused-ring (bicyclic) bond motifs is 3. The van der Waals surface area contributed by atoms with Gasteiger partial charge in [0, 0.05) is 0 Å². The molecule has 0 unspecified atom stereocenters. The Balaban J connectivity index is 1.45. The van der Waals surface area contributed by atoms with Crippen LogP contribution in [0, 0.1) is 0 Å². The second-order valence-electron chi connectivity index (χ2n) is 12.5. The zero-order chi connectivity index (χ0) is 31.9. The highest BCUT2D eigenvalue weighted by Crippen LogP contribution is 2.48. The van der Waals surface area contributed by atoms with E-state index in [4.69, 9.17) is 0 Å². The quantitative estimate of drug-likeness (QED) is 0.171. The third-order valence-electron chi connectivity index (χ3n) is 9.65. The lowest BCUT2D eigenvalue weighted by Gasteiger charge is -2.21. The second kappa shape index (κ2) is 11.8. The molecule has 0 spiro atoms. The van der Waals surface area contributed by atoms with Crippen LogP contribution in [0.3, 0.4) is 0 Å². The Morgan fingerprint density at radius 1 is 0.208 bits per heavy atom. The molecule has 9 aromatic carbocycles. The molecule has 0 saturated heterocycles. The summed E-state index contributed by atoms with van der Waals surface area (Å²) in [4.78, 5) is 0. The maximum absolute atomic E-state index is 2.41. The number of rotatable bonds is 5. The molecule has 0 aliphatic heterocycles. The van der Waals surface area contributed by atoms with E-state index in [0.29, 0.717) is 0 Å². The van der Waals surface area contributed by atoms with Crippen molar-refractivity contribution in [3.63, 3.8) is 0 Å². The van der Waals surface area contributed by atoms with Crippen molar-refractivity contribution in [3.8, 4) is 55.6 Å². The van der Waals surface area contributed by atoms with Crippen LogP contribution in [0.1, 0.15) is 0 Å². The van der Waals surface area contributed by atoms with E-state index in [2.05, 4.69) is 194 Å². The van der Waals surface area contributed by atoms with Gasteiger partial charge in [-0.3, -0.25) is 0 Å². The standard InChI is InChI=1S/C48H32/c1-4-14-33(15-5-1)38-27-29-44-45(31-38)47(40-25-24-35-18-10-11-21-37(35)30-40)43-28-26-39(34-16-6-2-7-17-34)32-46(43)48(44)42-23-13-12-22-41(42)36-19-8-3-9-20-36/h1-32H. The Hall–Kier alpha value is -6.24. The lowest BCUT2D eigenvalue weighted by molar-refractivity contribution is 1.60. The van der Waals surface area contributed by atoms with Gasteiger partial charge in [0.25, 0.3) is 0 Å². The first-order chi connectivity index (χ1) is 23.8. The lowest BCUT2D eigenvalue weighted by atomic mass is 9.82. The van der Waals surface area contributed by atoms with E-state index in [1.807, 2.05) is 0 Å². The molecule has 0 heteroatoms. The van der Waals surface area contributed by atoms with Gasteiger partial charge in [0.05, 0.1) is 0 Å². The van der Waals surface area contributed by atoms with Crippen molar-refractivity contribution in [1.29, 1.82) is 0 Å². The van der Waals surface area contributed by atoms with E-state index in [0.717, 1.165) is 0 Å². The van der Waals surface area contributed by atoms with Gasteiger partial charge in [-0.2, -0.15) is 0 Å². The van der Waals surface area contributed by atoms with Crippen molar-refractivity contribution in [2.75, 3.05) is 0 Å². The van der Waals surface area contributed by atoms with Gasteiger partial charge in [-0.15, -0.1) is 0 Å². The van der Waals surface area contributed by atoms with E-state index in [1.54, 1.807) is 0 Å². The summed E-state index contributed by atoms with van der Waals surface area (Å²) < 4.78 is 0. The molecule has 9 rings (SSSR count). The molecule has 0 amide bonds. The summed E-state index contributed by atoms with van der Waals surface area (Å²) in [5, 5.41) is 7.50. The minimum atomic E-state index is 1.21. The molecule has 0 N–H and O–H groups in total. The minimum Gasteiger partial charge on any atom is -0.0622 e. The predicted octanol–water partition coefficient (Wildman–Crippen LogP) is 13.5. The molecule has 48 heavy (non-hydrogen) atoms. The van der Waals surface area contributed by atoms with Crippen molar-refractivity contribution in [2.45, 2.75) is 0 Å². The average molecular weight is 609 g/mol. The summed E-state index contributed by atoms with van der Waals surface area (Å²) in [5.74, 6) is 0. The highest BCUT2D eigenvalue weighted by atomic mass is 14.2. The molecule has 0 heterocycles. The minimum absolute atomic E-state index is 1.21. The summed E-state index contributed by atoms with van der Waals surface area (Å²) in [6.45, 7) is 0. The molecule has 9 aromatic rings. The van der Waals surface area contributed by atoms with Gasteiger partial charge in [0.1, 0.15) is 0 Å². The fraction of sp³-hybridized carbons (Fsp3) is 0. The molecule has 0 bridgehead atoms. The molecular formula is C48H32. The van der Waals surface area contributed by atoms with Crippen LogP contribution in [0.25, 0.3) is 88.0 Å². The molecule has 224 valence electrons. The Labute approximate surface area is 281 Å². The maximum Gasteiger partial charge on any atom is -0.00199 e. The number of hydrogen-bond donors (Lipinski definition) is 0. The van der Waals surface area contributed by atoms with Crippen LogP contribution in [0.4, 0.5) is 0 Å². The van der Waals surface area contributed by atoms with E-state index >= 15 is 0 Å². The van der Waals surface area contributed by atoms with E-state index in [9.17, 15) is 0 Å². The molecule has 0 nitrogen and oxygen atoms in total. The Morgan fingerprint density at radius 2 is 0.667 bits per heavy atom. The molecule has 0 aliphatic rings. The van der Waals surface area contributed by atoms with Gasteiger partial charge < -0.3 is 0 Å². The molecule has 0 radical (unpaired) electrons. The average Bonchev–Trinajstić information content (AvgIpc) is 3.17. The number of hydrogen-bond acceptors (Lipinski definition) is 0. The van der Waals surface area contributed by atoms with Crippen molar-refractivity contribution in [2.24, 2.45) is 0 Å². The van der Waals surface area contributed by atoms with Gasteiger partial charge in [0.2, 0.25) is 0 Å². The summed E-state index contributed by atoms with van der Waals surface area (Å²) in [6, 6.07) is 70.9. The van der Waals surface area contributed by atoms with Crippen LogP contribution in [0.15, 0.2) is 194 Å². The van der Waals surface area contributed by atoms with Gasteiger partial charge >= 0.3 is 0 Å². The van der Waals surface area contributed by atoms with Gasteiger partial charge in [-0.05, 0) is 106 Å². The van der Waals surface area contributed by atoms with Crippen molar-refractivity contribution in [1.82, 2.24) is 0 Å². The van der Waals surface area contributed by atoms with Crippen molar-refractivity contribution in [3.05, 3.63) is 194 Å². The highest BCUT2D eigenvalue weighted by Gasteiger charge is 2.20. The Kier molecular flexibility index (Phi) is 6.91. The second-order valence-corrected chi connectivity index (χ2v) is 12.5. The van der Waals surface area contributed by atoms with Crippen LogP contribution in [0.5, 0.6) is 0 Å². The number of benzene rings is 9. The third-order valence-corrected chi connectivity index (χ3v) is 9.65. The topological polar surface area (TPSA) is 0 Å². The smallest absolute Gasteiger partial charge is 0.00199 e. The molecule has 0 atom stereocenters. The predicted molar refractivity (Wildman–Crippen MR) is 206 cm³/mol. The highest BCUT2D eigenvalue weighted by molar-refractivity contribution is 6.23. The van der Waals surface area contributed by atoms with Crippen LogP contribution in [-0.4, -0.2) is 0 Å². The Bertz CT molecular complexity index is 2580. The van der Waals surface area contributed by atoms with Crippen molar-refractivity contribution < 1.29 is 0 Å². The van der Waals surface area contributed by atoms with Gasteiger partial charge in [-0.25, -0.2) is 0 Å². The van der Waals surface area contributed by atoms with Crippen LogP contribution >= 0.6 is 0 Å². The maximum atomic E-state index is 2.41. The van der Waals surface area contributed by atoms with E-state index in [-0.39, 0.29) is 0 Å². The van der Waals surface area contributed by atoms with E-state index in [1.165, 1.54) is 88.0 Å². The third kappa shape index (κ3) is 4.87. The normalized spacial score (nSPS) is 11.3.